The highest BCUT2D eigenvalue weighted by Crippen LogP contribution is 2.16. The van der Waals surface area contributed by atoms with Crippen molar-refractivity contribution in [1.29, 1.82) is 0 Å². The number of aryl methyl sites for hydroxylation is 2. The lowest BCUT2D eigenvalue weighted by Gasteiger charge is -2.24. The summed E-state index contributed by atoms with van der Waals surface area (Å²) in [5.74, 6) is 1.27. The smallest absolute Gasteiger partial charge is 0.266 e. The van der Waals surface area contributed by atoms with Crippen molar-refractivity contribution in [1.82, 2.24) is 9.88 Å². The third-order valence-corrected chi connectivity index (χ3v) is 3.31. The van der Waals surface area contributed by atoms with Gasteiger partial charge in [0.1, 0.15) is 17.9 Å². The lowest BCUT2D eigenvalue weighted by molar-refractivity contribution is -0.402. The number of aromatic nitrogens is 2. The van der Waals surface area contributed by atoms with E-state index in [2.05, 4.69) is 14.9 Å². The average molecular weight is 208 g/mol. The molecule has 0 amide bonds. The first-order chi connectivity index (χ1) is 7.42. The molecule has 82 valence electrons. The Morgan fingerprint density at radius 2 is 2.13 bits per heavy atom. The molecule has 0 aromatic carbocycles. The van der Waals surface area contributed by atoms with Crippen molar-refractivity contribution < 1.29 is 9.72 Å². The molecule has 3 rings (SSSR count). The molecule has 4 nitrogen and oxygen atoms in total. The van der Waals surface area contributed by atoms with Crippen LogP contribution in [0.3, 0.4) is 0 Å². The summed E-state index contributed by atoms with van der Waals surface area (Å²) in [6, 6.07) is 0. The summed E-state index contributed by atoms with van der Waals surface area (Å²) in [6.07, 6.45) is 3.74. The first-order valence-corrected chi connectivity index (χ1v) is 5.84. The van der Waals surface area contributed by atoms with Crippen LogP contribution in [0.2, 0.25) is 0 Å². The second kappa shape index (κ2) is 3.94. The molecule has 1 fully saturated rings. The molecule has 0 radical (unpaired) electrons. The maximum Gasteiger partial charge on any atom is 0.266 e. The van der Waals surface area contributed by atoms with Crippen LogP contribution in [0.15, 0.2) is 0 Å². The van der Waals surface area contributed by atoms with Gasteiger partial charge in [0.05, 0.1) is 13.2 Å². The van der Waals surface area contributed by atoms with Gasteiger partial charge in [-0.1, -0.05) is 0 Å². The highest BCUT2D eigenvalue weighted by Gasteiger charge is 2.23. The number of hydrogen-bond donors (Lipinski definition) is 1. The van der Waals surface area contributed by atoms with Crippen LogP contribution in [-0.2, 0) is 24.1 Å². The molecule has 2 aliphatic rings. The molecule has 15 heavy (non-hydrogen) atoms. The van der Waals surface area contributed by atoms with Gasteiger partial charge in [-0.05, 0) is 6.42 Å². The zero-order chi connectivity index (χ0) is 10.1. The number of ether oxygens (including phenoxy) is 1. The lowest BCUT2D eigenvalue weighted by Crippen LogP contribution is -2.37. The van der Waals surface area contributed by atoms with Gasteiger partial charge in [-0.3, -0.25) is 4.90 Å². The van der Waals surface area contributed by atoms with Gasteiger partial charge >= 0.3 is 0 Å². The summed E-state index contributed by atoms with van der Waals surface area (Å²) >= 11 is 0. The highest BCUT2D eigenvalue weighted by molar-refractivity contribution is 5.13. The Labute approximate surface area is 89.6 Å². The number of imidazole rings is 1. The van der Waals surface area contributed by atoms with Crippen LogP contribution in [0, 0.1) is 0 Å². The summed E-state index contributed by atoms with van der Waals surface area (Å²) in [6.45, 7) is 4.87. The van der Waals surface area contributed by atoms with E-state index in [1.165, 1.54) is 36.5 Å². The molecule has 0 bridgehead atoms. The van der Waals surface area contributed by atoms with Crippen LogP contribution in [0.25, 0.3) is 0 Å². The maximum absolute atomic E-state index is 5.34. The minimum absolute atomic E-state index is 0.875. The predicted molar refractivity (Wildman–Crippen MR) is 55.5 cm³/mol. The van der Waals surface area contributed by atoms with Crippen molar-refractivity contribution >= 4 is 0 Å². The van der Waals surface area contributed by atoms with Crippen molar-refractivity contribution in [2.45, 2.75) is 25.8 Å². The Morgan fingerprint density at radius 3 is 2.93 bits per heavy atom. The molecule has 2 N–H and O–H groups in total. The molecule has 0 saturated carbocycles. The van der Waals surface area contributed by atoms with Crippen LogP contribution in [0.1, 0.15) is 23.6 Å². The van der Waals surface area contributed by atoms with Crippen LogP contribution in [0.4, 0.5) is 0 Å². The number of nitrogens with one attached hydrogen (secondary N) is 2. The van der Waals surface area contributed by atoms with Crippen molar-refractivity contribution in [3.8, 4) is 0 Å². The van der Waals surface area contributed by atoms with Gasteiger partial charge in [-0.2, -0.15) is 0 Å². The van der Waals surface area contributed by atoms with E-state index in [-0.39, 0.29) is 0 Å². The van der Waals surface area contributed by atoms with Gasteiger partial charge in [-0.25, -0.2) is 9.97 Å². The van der Waals surface area contributed by atoms with Gasteiger partial charge in [0, 0.05) is 25.9 Å². The van der Waals surface area contributed by atoms with Gasteiger partial charge in [0.15, 0.2) is 0 Å². The molecule has 1 saturated heterocycles. The third-order valence-electron chi connectivity index (χ3n) is 3.31. The van der Waals surface area contributed by atoms with Gasteiger partial charge in [-0.15, -0.1) is 0 Å². The van der Waals surface area contributed by atoms with Crippen molar-refractivity contribution in [2.75, 3.05) is 26.3 Å². The third kappa shape index (κ3) is 1.92. The fourth-order valence-electron chi connectivity index (χ4n) is 2.48. The fourth-order valence-corrected chi connectivity index (χ4v) is 2.48. The van der Waals surface area contributed by atoms with Crippen LogP contribution in [0.5, 0.6) is 0 Å². The zero-order valence-corrected chi connectivity index (χ0v) is 9.01. The fraction of sp³-hybridized carbons (Fsp3) is 0.727. The summed E-state index contributed by atoms with van der Waals surface area (Å²) in [5, 5.41) is 0. The second-order valence-corrected chi connectivity index (χ2v) is 4.43. The Kier molecular flexibility index (Phi) is 2.46. The SMILES string of the molecule is C1Cc2[nH]c(CN3CCOCC3)[nH+]c2C1. The lowest BCUT2D eigenvalue weighted by atomic mass is 10.3. The van der Waals surface area contributed by atoms with E-state index < -0.39 is 0 Å². The van der Waals surface area contributed by atoms with E-state index in [1.807, 2.05) is 0 Å². The number of H-pyrrole nitrogens is 2. The first kappa shape index (κ1) is 9.36. The molecule has 0 spiro atoms. The van der Waals surface area contributed by atoms with Crippen molar-refractivity contribution in [3.63, 3.8) is 0 Å². The standard InChI is InChI=1S/C11H17N3O/c1-2-9-10(3-1)13-11(12-9)8-14-4-6-15-7-5-14/h1-8H2,(H,12,13)/p+1. The molecule has 4 heteroatoms. The molecule has 0 atom stereocenters. The van der Waals surface area contributed by atoms with E-state index in [1.54, 1.807) is 0 Å². The molecule has 1 aliphatic heterocycles. The van der Waals surface area contributed by atoms with Crippen molar-refractivity contribution in [2.24, 2.45) is 0 Å². The molecule has 0 unspecified atom stereocenters. The number of fused-ring (bicyclic) bond motifs is 1. The number of nitrogens with zero attached hydrogens (tertiary/aromatic N) is 1. The normalized spacial score (nSPS) is 21.9. The zero-order valence-electron chi connectivity index (χ0n) is 9.01. The van der Waals surface area contributed by atoms with Gasteiger partial charge in [0.2, 0.25) is 0 Å². The monoisotopic (exact) mass is 208 g/mol. The van der Waals surface area contributed by atoms with Crippen LogP contribution in [-0.4, -0.2) is 36.2 Å². The topological polar surface area (TPSA) is 42.4 Å². The summed E-state index contributed by atoms with van der Waals surface area (Å²) in [4.78, 5) is 9.44. The summed E-state index contributed by atoms with van der Waals surface area (Å²) < 4.78 is 5.34. The highest BCUT2D eigenvalue weighted by atomic mass is 16.5. The molecule has 2 heterocycles. The number of aromatic amines is 2. The molecule has 1 aliphatic carbocycles. The van der Waals surface area contributed by atoms with E-state index in [0.29, 0.717) is 0 Å². The van der Waals surface area contributed by atoms with E-state index in [4.69, 9.17) is 4.74 Å². The van der Waals surface area contributed by atoms with E-state index >= 15 is 0 Å². The number of morpholine rings is 1. The van der Waals surface area contributed by atoms with Crippen molar-refractivity contribution in [3.05, 3.63) is 17.2 Å². The predicted octanol–water partition coefficient (Wildman–Crippen LogP) is 0.150. The quantitative estimate of drug-likeness (QED) is 0.751. The van der Waals surface area contributed by atoms with E-state index in [0.717, 1.165) is 32.8 Å². The van der Waals surface area contributed by atoms with Gasteiger partial charge < -0.3 is 4.74 Å². The largest absolute Gasteiger partial charge is 0.379 e. The Hall–Kier alpha value is -0.870. The summed E-state index contributed by atoms with van der Waals surface area (Å²) in [5.41, 5.74) is 2.86. The Bertz CT molecular complexity index is 320. The minimum atomic E-state index is 0.875. The van der Waals surface area contributed by atoms with Crippen LogP contribution < -0.4 is 4.98 Å². The summed E-state index contributed by atoms with van der Waals surface area (Å²) in [7, 11) is 0. The first-order valence-electron chi connectivity index (χ1n) is 5.84. The maximum atomic E-state index is 5.34. The second-order valence-electron chi connectivity index (χ2n) is 4.43. The Balaban J connectivity index is 1.66. The minimum Gasteiger partial charge on any atom is -0.379 e. The number of hydrogen-bond acceptors (Lipinski definition) is 2. The molecular weight excluding hydrogens is 190 g/mol. The van der Waals surface area contributed by atoms with Crippen LogP contribution >= 0.6 is 0 Å². The number of rotatable bonds is 2. The Morgan fingerprint density at radius 1 is 1.27 bits per heavy atom. The average Bonchev–Trinajstić information content (AvgIpc) is 2.79. The van der Waals surface area contributed by atoms with E-state index in [9.17, 15) is 0 Å². The molecule has 1 aromatic rings. The molecule has 1 aromatic heterocycles. The molecular formula is C11H18N3O+. The van der Waals surface area contributed by atoms with Gasteiger partial charge in [0.25, 0.3) is 5.82 Å².